The first-order chi connectivity index (χ1) is 17.0. The van der Waals surface area contributed by atoms with Crippen LogP contribution in [0.15, 0.2) is 49.1 Å². The van der Waals surface area contributed by atoms with E-state index >= 15 is 0 Å². The van der Waals surface area contributed by atoms with Crippen molar-refractivity contribution in [3.8, 4) is 34.5 Å². The van der Waals surface area contributed by atoms with Crippen molar-refractivity contribution >= 4 is 17.2 Å². The van der Waals surface area contributed by atoms with Gasteiger partial charge in [0.25, 0.3) is 0 Å². The Kier molecular flexibility index (Phi) is 4.12. The molecule has 1 unspecified atom stereocenters. The van der Waals surface area contributed by atoms with Gasteiger partial charge in [-0.3, -0.25) is 14.9 Å². The maximum Gasteiger partial charge on any atom is 0.244 e. The van der Waals surface area contributed by atoms with Crippen LogP contribution in [0, 0.1) is 6.92 Å². The first kappa shape index (κ1) is 19.9. The minimum atomic E-state index is -0.221. The molecule has 12 heteroatoms. The Morgan fingerprint density at radius 3 is 2.71 bits per heavy atom. The van der Waals surface area contributed by atoms with Gasteiger partial charge >= 0.3 is 0 Å². The van der Waals surface area contributed by atoms with E-state index in [4.69, 9.17) is 21.3 Å². The molecule has 6 heterocycles. The minimum absolute atomic E-state index is 0.221. The fraction of sp³-hybridized carbons (Fsp3) is 0.130. The van der Waals surface area contributed by atoms with Crippen LogP contribution in [0.1, 0.15) is 28.3 Å². The number of aromatic amines is 2. The highest BCUT2D eigenvalue weighted by molar-refractivity contribution is 6.30. The Labute approximate surface area is 202 Å². The van der Waals surface area contributed by atoms with Crippen LogP contribution in [0.3, 0.4) is 0 Å². The van der Waals surface area contributed by atoms with E-state index in [0.717, 1.165) is 33.6 Å². The summed E-state index contributed by atoms with van der Waals surface area (Å²) in [5, 5.41) is 24.5. The van der Waals surface area contributed by atoms with E-state index in [1.807, 2.05) is 56.7 Å². The van der Waals surface area contributed by atoms with E-state index < -0.39 is 0 Å². The van der Waals surface area contributed by atoms with Crippen LogP contribution >= 0.6 is 11.6 Å². The first-order valence-corrected chi connectivity index (χ1v) is 11.2. The molecule has 0 saturated carbocycles. The number of ether oxygens (including phenoxy) is 1. The van der Waals surface area contributed by atoms with Gasteiger partial charge in [0.1, 0.15) is 12.0 Å². The Balaban J connectivity index is 1.38. The van der Waals surface area contributed by atoms with E-state index in [1.54, 1.807) is 15.5 Å². The van der Waals surface area contributed by atoms with Crippen molar-refractivity contribution in [2.75, 3.05) is 0 Å². The maximum absolute atomic E-state index is 6.06. The Hall–Kier alpha value is -4.51. The number of H-pyrrole nitrogens is 2. The summed E-state index contributed by atoms with van der Waals surface area (Å²) < 4.78 is 9.48. The lowest BCUT2D eigenvalue weighted by Crippen LogP contribution is -2.14. The second-order valence-corrected chi connectivity index (χ2v) is 8.83. The normalized spacial score (nSPS) is 14.7. The van der Waals surface area contributed by atoms with Gasteiger partial charge < -0.3 is 4.74 Å². The SMILES string of the molecule is Cc1[nH]nc2c1C(c1cnn(C)c1)c1c(ncn3nc(-c4cc(-c5ccc(Cl)cc5)n[nH]4)nc13)O2. The summed E-state index contributed by atoms with van der Waals surface area (Å²) in [4.78, 5) is 9.39. The van der Waals surface area contributed by atoms with Crippen LogP contribution in [0.5, 0.6) is 11.8 Å². The monoisotopic (exact) mass is 484 g/mol. The molecular weight excluding hydrogens is 468 g/mol. The topological polar surface area (TPSA) is 127 Å². The molecule has 1 atom stereocenters. The van der Waals surface area contributed by atoms with Crippen molar-refractivity contribution in [3.63, 3.8) is 0 Å². The average Bonchev–Trinajstić information content (AvgIpc) is 3.65. The second kappa shape index (κ2) is 7.24. The molecular formula is C23H17ClN10O. The van der Waals surface area contributed by atoms with Gasteiger partial charge in [-0.1, -0.05) is 23.7 Å². The van der Waals surface area contributed by atoms with E-state index in [1.165, 1.54) is 0 Å². The average molecular weight is 485 g/mol. The van der Waals surface area contributed by atoms with Gasteiger partial charge in [0.2, 0.25) is 11.8 Å². The highest BCUT2D eigenvalue weighted by Gasteiger charge is 2.37. The number of hydrogen-bond acceptors (Lipinski definition) is 7. The van der Waals surface area contributed by atoms with Crippen molar-refractivity contribution in [1.29, 1.82) is 0 Å². The predicted molar refractivity (Wildman–Crippen MR) is 126 cm³/mol. The van der Waals surface area contributed by atoms with Crippen molar-refractivity contribution in [2.24, 2.45) is 7.05 Å². The molecule has 0 radical (unpaired) electrons. The molecule has 7 rings (SSSR count). The number of halogens is 1. The molecule has 6 aromatic rings. The third-order valence-corrected chi connectivity index (χ3v) is 6.39. The Morgan fingerprint density at radius 1 is 1.06 bits per heavy atom. The van der Waals surface area contributed by atoms with E-state index in [-0.39, 0.29) is 5.92 Å². The summed E-state index contributed by atoms with van der Waals surface area (Å²) in [5.74, 6) is 1.21. The summed E-state index contributed by atoms with van der Waals surface area (Å²) in [6.45, 7) is 1.97. The van der Waals surface area contributed by atoms with Gasteiger partial charge in [-0.05, 0) is 25.1 Å². The van der Waals surface area contributed by atoms with E-state index in [9.17, 15) is 0 Å². The number of aryl methyl sites for hydroxylation is 2. The molecule has 0 aliphatic carbocycles. The minimum Gasteiger partial charge on any atom is -0.418 e. The van der Waals surface area contributed by atoms with Crippen LogP contribution < -0.4 is 4.74 Å². The molecule has 1 aliphatic heterocycles. The fourth-order valence-electron chi connectivity index (χ4n) is 4.50. The second-order valence-electron chi connectivity index (χ2n) is 8.39. The largest absolute Gasteiger partial charge is 0.418 e. The van der Waals surface area contributed by atoms with Crippen LogP contribution in [0.25, 0.3) is 28.4 Å². The molecule has 2 N–H and O–H groups in total. The summed E-state index contributed by atoms with van der Waals surface area (Å²) in [6.07, 6.45) is 5.40. The highest BCUT2D eigenvalue weighted by atomic mass is 35.5. The van der Waals surface area contributed by atoms with E-state index in [2.05, 4.69) is 35.6 Å². The van der Waals surface area contributed by atoms with Crippen LogP contribution in [-0.4, -0.2) is 49.8 Å². The number of benzene rings is 1. The van der Waals surface area contributed by atoms with Crippen molar-refractivity contribution in [1.82, 2.24) is 49.8 Å². The molecule has 0 amide bonds. The third kappa shape index (κ3) is 3.05. The first-order valence-electron chi connectivity index (χ1n) is 10.8. The lowest BCUT2D eigenvalue weighted by Gasteiger charge is -2.24. The molecule has 5 aromatic heterocycles. The molecule has 0 fully saturated rings. The number of nitrogens with one attached hydrogen (secondary N) is 2. The van der Waals surface area contributed by atoms with Crippen LogP contribution in [0.2, 0.25) is 5.02 Å². The summed E-state index contributed by atoms with van der Waals surface area (Å²) in [6, 6.07) is 9.40. The summed E-state index contributed by atoms with van der Waals surface area (Å²) in [5.41, 5.74) is 6.63. The lowest BCUT2D eigenvalue weighted by molar-refractivity contribution is 0.416. The molecule has 0 bridgehead atoms. The van der Waals surface area contributed by atoms with Crippen molar-refractivity contribution in [2.45, 2.75) is 12.8 Å². The number of aromatic nitrogens is 10. The highest BCUT2D eigenvalue weighted by Crippen LogP contribution is 2.48. The van der Waals surface area contributed by atoms with Gasteiger partial charge in [-0.25, -0.2) is 14.5 Å². The molecule has 0 saturated heterocycles. The quantitative estimate of drug-likeness (QED) is 0.389. The van der Waals surface area contributed by atoms with Gasteiger partial charge in [0.15, 0.2) is 11.5 Å². The van der Waals surface area contributed by atoms with Crippen molar-refractivity contribution in [3.05, 3.63) is 76.5 Å². The zero-order chi connectivity index (χ0) is 23.7. The number of fused-ring (bicyclic) bond motifs is 4. The van der Waals surface area contributed by atoms with Gasteiger partial charge in [0.05, 0.1) is 23.4 Å². The Bertz CT molecular complexity index is 1730. The summed E-state index contributed by atoms with van der Waals surface area (Å²) >= 11 is 6.02. The standard InChI is InChI=1S/C23H17ClN10O/c1-11-17-18(13-8-26-33(2)9-13)19-21-27-20(32-34(21)10-25-22(19)35-23(17)31-28-11)16-7-15(29-30-16)12-3-5-14(24)6-4-12/h3-10,18H,1-2H3,(H,28,31)(H,29,30). The van der Waals surface area contributed by atoms with E-state index in [0.29, 0.717) is 33.9 Å². The number of rotatable bonds is 3. The molecule has 1 aromatic carbocycles. The molecule has 35 heavy (non-hydrogen) atoms. The van der Waals surface area contributed by atoms with Gasteiger partial charge in [-0.15, -0.1) is 10.2 Å². The predicted octanol–water partition coefficient (Wildman–Crippen LogP) is 3.89. The maximum atomic E-state index is 6.06. The molecule has 1 aliphatic rings. The number of hydrogen-bond donors (Lipinski definition) is 2. The summed E-state index contributed by atoms with van der Waals surface area (Å²) in [7, 11) is 1.89. The number of nitrogens with zero attached hydrogens (tertiary/aromatic N) is 8. The Morgan fingerprint density at radius 2 is 1.91 bits per heavy atom. The smallest absolute Gasteiger partial charge is 0.244 e. The van der Waals surface area contributed by atoms with Gasteiger partial charge in [-0.2, -0.15) is 10.2 Å². The van der Waals surface area contributed by atoms with Gasteiger partial charge in [0, 0.05) is 40.7 Å². The molecule has 0 spiro atoms. The molecule has 11 nitrogen and oxygen atoms in total. The lowest BCUT2D eigenvalue weighted by atomic mass is 9.86. The zero-order valence-corrected chi connectivity index (χ0v) is 19.3. The van der Waals surface area contributed by atoms with Crippen molar-refractivity contribution < 1.29 is 4.74 Å². The van der Waals surface area contributed by atoms with Crippen LogP contribution in [0.4, 0.5) is 0 Å². The third-order valence-electron chi connectivity index (χ3n) is 6.13. The van der Waals surface area contributed by atoms with Crippen LogP contribution in [-0.2, 0) is 7.05 Å². The zero-order valence-electron chi connectivity index (χ0n) is 18.6. The fourth-order valence-corrected chi connectivity index (χ4v) is 4.63. The molecule has 172 valence electrons.